The second kappa shape index (κ2) is 23.9. The van der Waals surface area contributed by atoms with E-state index in [0.29, 0.717) is 80.5 Å². The molecule has 0 aliphatic heterocycles. The predicted molar refractivity (Wildman–Crippen MR) is 278 cm³/mol. The minimum absolute atomic E-state index is 0. The van der Waals surface area contributed by atoms with Gasteiger partial charge in [0.15, 0.2) is 26.4 Å². The zero-order valence-corrected chi connectivity index (χ0v) is 46.9. The monoisotopic (exact) mass is 1140 g/mol. The van der Waals surface area contributed by atoms with Gasteiger partial charge >= 0.3 is 17.9 Å². The smallest absolute Gasteiger partial charge is 0.341 e. The van der Waals surface area contributed by atoms with Crippen LogP contribution < -0.4 is 24.3 Å². The van der Waals surface area contributed by atoms with Crippen LogP contribution in [0.5, 0.6) is 23.0 Å². The number of nitrogens with one attached hydrogen (secondary N) is 1. The Balaban J connectivity index is 0.00000988. The van der Waals surface area contributed by atoms with Crippen LogP contribution in [-0.2, 0) is 72.9 Å². The van der Waals surface area contributed by atoms with Crippen molar-refractivity contribution in [2.45, 2.75) is 137 Å². The van der Waals surface area contributed by atoms with Gasteiger partial charge in [0.1, 0.15) is 23.0 Å². The van der Waals surface area contributed by atoms with E-state index in [1.54, 1.807) is 6.20 Å². The number of rotatable bonds is 15. The molecule has 0 fully saturated rings. The van der Waals surface area contributed by atoms with Crippen LogP contribution in [-0.4, -0.2) is 77.1 Å². The topological polar surface area (TPSA) is 191 Å². The number of nitrogens with zero attached hydrogens (tertiary/aromatic N) is 1. The molecule has 1 amide bonds. The Morgan fingerprint density at radius 1 is 0.466 bits per heavy atom. The summed E-state index contributed by atoms with van der Waals surface area (Å²) in [6, 6.07) is 21.9. The molecule has 1 aliphatic carbocycles. The van der Waals surface area contributed by atoms with Crippen LogP contribution in [0, 0.1) is 49.4 Å². The number of carbonyl (C=O) groups excluding carboxylic acids is 1. The van der Waals surface area contributed by atoms with E-state index in [-0.39, 0.29) is 87.6 Å². The van der Waals surface area contributed by atoms with Gasteiger partial charge in [-0.1, -0.05) is 138 Å². The van der Waals surface area contributed by atoms with Crippen molar-refractivity contribution in [1.82, 2.24) is 10.3 Å². The summed E-state index contributed by atoms with van der Waals surface area (Å²) < 4.78 is 25.8. The molecule has 0 saturated carbocycles. The second-order valence-corrected chi connectivity index (χ2v) is 23.0. The number of pyridine rings is 1. The van der Waals surface area contributed by atoms with E-state index in [0.717, 1.165) is 27.9 Å². The normalized spacial score (nSPS) is 12.8. The summed E-state index contributed by atoms with van der Waals surface area (Å²) in [5.41, 5.74) is 8.43. The average molecular weight is 1140 g/mol. The Kier molecular flexibility index (Phi) is 19.2. The third-order valence-corrected chi connectivity index (χ3v) is 12.8. The van der Waals surface area contributed by atoms with Crippen molar-refractivity contribution in [2.24, 2.45) is 0 Å². The number of aliphatic carboxylic acids is 3. The van der Waals surface area contributed by atoms with E-state index < -0.39 is 59.4 Å². The van der Waals surface area contributed by atoms with Crippen molar-refractivity contribution in [3.63, 3.8) is 0 Å². The van der Waals surface area contributed by atoms with Gasteiger partial charge in [0, 0.05) is 99.9 Å². The van der Waals surface area contributed by atoms with Crippen molar-refractivity contribution in [3.8, 4) is 23.0 Å². The third kappa shape index (κ3) is 15.9. The largest absolute Gasteiger partial charge is 0.483 e. The minimum Gasteiger partial charge on any atom is -0.483 e. The summed E-state index contributed by atoms with van der Waals surface area (Å²) >= 11 is 0. The number of ether oxygens (including phenoxy) is 4. The Hall–Kier alpha value is -5.31. The quantitative estimate of drug-likeness (QED) is 0.0763. The average Bonchev–Trinajstić information content (AvgIpc) is 3.26. The van der Waals surface area contributed by atoms with Crippen LogP contribution in [0.4, 0.5) is 0 Å². The number of fused-ring (bicyclic) bond motifs is 8. The molecular weight excluding hydrogens is 1060 g/mol. The second-order valence-electron chi connectivity index (χ2n) is 23.0. The SMILES string of the molecule is CC(C)(C)c1cc2c(OCC(=O)O)c(c1)Cc1cc(C(C)(C)C)cc(c1OCC(=O)O)Cc1cc(C(C)(C)C)cc(c1OCC(=O)NCCc1ccccn1)Cc1cc(C(C)(C)C)cc(c1OCC(=O)O)C2.[Eu]. The van der Waals surface area contributed by atoms with Crippen LogP contribution in [0.15, 0.2) is 72.9 Å². The molecular formula is C59H72EuN2O11. The zero-order chi connectivity index (χ0) is 52.9. The molecule has 0 unspecified atom stereocenters. The fourth-order valence-electron chi connectivity index (χ4n) is 8.83. The van der Waals surface area contributed by atoms with Gasteiger partial charge < -0.3 is 39.6 Å². The van der Waals surface area contributed by atoms with Crippen LogP contribution in [0.2, 0.25) is 0 Å². The molecule has 8 bridgehead atoms. The van der Waals surface area contributed by atoms with E-state index >= 15 is 0 Å². The number of benzene rings is 4. The van der Waals surface area contributed by atoms with Crippen molar-refractivity contribution in [2.75, 3.05) is 33.0 Å². The predicted octanol–water partition coefficient (Wildman–Crippen LogP) is 10.1. The molecule has 0 spiro atoms. The summed E-state index contributed by atoms with van der Waals surface area (Å²) in [4.78, 5) is 55.2. The molecule has 391 valence electrons. The van der Waals surface area contributed by atoms with Crippen molar-refractivity contribution >= 4 is 23.8 Å². The maximum absolute atomic E-state index is 13.7. The summed E-state index contributed by atoms with van der Waals surface area (Å²) in [5, 5.41) is 33.3. The number of carboxylic acids is 3. The van der Waals surface area contributed by atoms with E-state index in [1.165, 1.54) is 0 Å². The number of carboxylic acid groups (broad SMARTS) is 3. The van der Waals surface area contributed by atoms with E-state index in [4.69, 9.17) is 18.9 Å². The zero-order valence-electron chi connectivity index (χ0n) is 44.4. The molecule has 4 N–H and O–H groups in total. The molecule has 1 radical (unpaired) electrons. The van der Waals surface area contributed by atoms with Crippen molar-refractivity contribution in [1.29, 1.82) is 0 Å². The molecule has 6 rings (SSSR count). The van der Waals surface area contributed by atoms with Crippen molar-refractivity contribution in [3.05, 3.63) is 145 Å². The van der Waals surface area contributed by atoms with Gasteiger partial charge in [-0.05, 0) is 101 Å². The van der Waals surface area contributed by atoms with Gasteiger partial charge in [0.25, 0.3) is 5.91 Å². The number of aromatic nitrogens is 1. The molecule has 1 heterocycles. The Labute approximate surface area is 471 Å². The first kappa shape index (κ1) is 58.6. The fraction of sp³-hybridized carbons (Fsp3) is 0.441. The molecule has 1 aliphatic rings. The van der Waals surface area contributed by atoms with Gasteiger partial charge in [-0.2, -0.15) is 0 Å². The minimum atomic E-state index is -1.17. The van der Waals surface area contributed by atoms with Crippen LogP contribution in [0.3, 0.4) is 0 Å². The maximum atomic E-state index is 13.7. The molecule has 1 aromatic heterocycles. The Morgan fingerprint density at radius 3 is 0.973 bits per heavy atom. The number of hydrogen-bond donors (Lipinski definition) is 4. The van der Waals surface area contributed by atoms with E-state index in [2.05, 4.69) is 106 Å². The van der Waals surface area contributed by atoms with Gasteiger partial charge in [0.05, 0.1) is 0 Å². The van der Waals surface area contributed by atoms with Crippen LogP contribution in [0.25, 0.3) is 0 Å². The molecule has 14 heteroatoms. The molecule has 4 aromatic carbocycles. The number of carbonyl (C=O) groups is 4. The molecule has 0 atom stereocenters. The molecule has 13 nitrogen and oxygen atoms in total. The van der Waals surface area contributed by atoms with Gasteiger partial charge in [-0.3, -0.25) is 9.78 Å². The Bertz CT molecular complexity index is 2700. The summed E-state index contributed by atoms with van der Waals surface area (Å²) in [7, 11) is 0. The van der Waals surface area contributed by atoms with Crippen LogP contribution in [0.1, 0.15) is 156 Å². The van der Waals surface area contributed by atoms with E-state index in [9.17, 15) is 34.5 Å². The first-order valence-corrected chi connectivity index (χ1v) is 24.5. The first-order valence-electron chi connectivity index (χ1n) is 24.5. The van der Waals surface area contributed by atoms with E-state index in [1.807, 2.05) is 54.6 Å². The molecule has 0 saturated heterocycles. The maximum Gasteiger partial charge on any atom is 0.341 e. The first-order chi connectivity index (χ1) is 33.6. The van der Waals surface area contributed by atoms with Crippen molar-refractivity contribution < 1.29 is 103 Å². The number of amides is 1. The summed E-state index contributed by atoms with van der Waals surface area (Å²) in [6.07, 6.45) is 2.91. The Morgan fingerprint density at radius 2 is 0.740 bits per heavy atom. The standard InChI is InChI=1S/C59H72N2O11.Eu/c1-56(2,3)43-23-35-19-37-25-44(57(4,5)6)27-39(53(37)70-32-49(63)64)21-41-29-46(59(10,11)12)30-42(55(41)72-34-51(67)68)22-40-28-45(58(7,8)9)26-38(54(40)71-33-50(65)66)20-36(24-43)52(35)69-31-48(62)61-18-16-47-15-13-14-17-60-47;/h13-15,17,23-30H,16,18-22,31-34H2,1-12H3,(H,61,62)(H,63,64)(H,65,66)(H,67,68);. The summed E-state index contributed by atoms with van der Waals surface area (Å²) in [5.74, 6) is -2.35. The fourth-order valence-corrected chi connectivity index (χ4v) is 8.83. The molecule has 5 aromatic rings. The van der Waals surface area contributed by atoms with Gasteiger partial charge in [-0.25, -0.2) is 14.4 Å². The number of hydrogen-bond acceptors (Lipinski definition) is 9. The van der Waals surface area contributed by atoms with Gasteiger partial charge in [-0.15, -0.1) is 0 Å². The summed E-state index contributed by atoms with van der Waals surface area (Å²) in [6.45, 7) is 23.3. The van der Waals surface area contributed by atoms with Gasteiger partial charge in [0.2, 0.25) is 0 Å². The van der Waals surface area contributed by atoms with Crippen LogP contribution >= 0.6 is 0 Å². The molecule has 73 heavy (non-hydrogen) atoms. The third-order valence-electron chi connectivity index (χ3n) is 12.8.